The molecule has 198 valence electrons. The van der Waals surface area contributed by atoms with E-state index in [1.165, 1.54) is 56.2 Å². The molecule has 0 unspecified atom stereocenters. The largest absolute Gasteiger partial charge is 0.460 e. The summed E-state index contributed by atoms with van der Waals surface area (Å²) in [5, 5.41) is 0. The number of rotatable bonds is 9. The van der Waals surface area contributed by atoms with Gasteiger partial charge in [0.05, 0.1) is 0 Å². The van der Waals surface area contributed by atoms with E-state index in [4.69, 9.17) is 0 Å². The molecule has 9 heteroatoms. The van der Waals surface area contributed by atoms with Crippen LogP contribution in [0, 0.1) is 5.92 Å². The average molecular weight is 519 g/mol. The summed E-state index contributed by atoms with van der Waals surface area (Å²) in [4.78, 5) is 11.4. The predicted octanol–water partition coefficient (Wildman–Crippen LogP) is 8.95. The first-order valence-corrected chi connectivity index (χ1v) is 12.1. The van der Waals surface area contributed by atoms with E-state index in [0.29, 0.717) is 11.5 Å². The Morgan fingerprint density at radius 1 is 0.806 bits per heavy atom. The van der Waals surface area contributed by atoms with Crippen LogP contribution in [0.3, 0.4) is 0 Å². The summed E-state index contributed by atoms with van der Waals surface area (Å²) in [6, 6.07) is 12.8. The standard InChI is InChI=1S/C27H29F7O2/c1-2-3-4-5-18-6-8-19(9-7-18)20-10-12-21(13-11-20)22-14-16-23(17-15-22)36-24(35)25(28,29)26(30,31)27(32,33)34/h10-19H,2-9H2,1H3. The van der Waals surface area contributed by atoms with E-state index in [9.17, 15) is 35.5 Å². The van der Waals surface area contributed by atoms with Crippen LogP contribution < -0.4 is 4.74 Å². The molecule has 0 aromatic heterocycles. The van der Waals surface area contributed by atoms with E-state index in [1.54, 1.807) is 0 Å². The molecule has 0 N–H and O–H groups in total. The molecule has 2 aromatic carbocycles. The molecule has 1 aliphatic rings. The molecular formula is C27H29F7O2. The lowest BCUT2D eigenvalue weighted by atomic mass is 9.77. The van der Waals surface area contributed by atoms with Crippen molar-refractivity contribution in [3.63, 3.8) is 0 Å². The molecule has 2 nitrogen and oxygen atoms in total. The summed E-state index contributed by atoms with van der Waals surface area (Å²) in [5.74, 6) is -14.9. The zero-order valence-electron chi connectivity index (χ0n) is 19.9. The van der Waals surface area contributed by atoms with Crippen molar-refractivity contribution in [3.05, 3.63) is 54.1 Å². The quantitative estimate of drug-likeness (QED) is 0.143. The number of halogens is 7. The zero-order chi connectivity index (χ0) is 26.6. The van der Waals surface area contributed by atoms with Gasteiger partial charge in [0, 0.05) is 0 Å². The number of hydrogen-bond donors (Lipinski definition) is 0. The van der Waals surface area contributed by atoms with Crippen LogP contribution in [0.2, 0.25) is 0 Å². The molecular weight excluding hydrogens is 489 g/mol. The predicted molar refractivity (Wildman–Crippen MR) is 122 cm³/mol. The zero-order valence-corrected chi connectivity index (χ0v) is 19.9. The molecule has 0 amide bonds. The molecule has 0 atom stereocenters. The minimum atomic E-state index is -6.61. The van der Waals surface area contributed by atoms with Gasteiger partial charge in [-0.05, 0) is 66.3 Å². The first-order valence-electron chi connectivity index (χ1n) is 12.1. The van der Waals surface area contributed by atoms with Gasteiger partial charge < -0.3 is 4.74 Å². The molecule has 0 heterocycles. The third-order valence-corrected chi connectivity index (χ3v) is 6.85. The van der Waals surface area contributed by atoms with Crippen LogP contribution in [0.15, 0.2) is 48.5 Å². The highest BCUT2D eigenvalue weighted by molar-refractivity contribution is 5.81. The van der Waals surface area contributed by atoms with Crippen LogP contribution in [-0.2, 0) is 4.79 Å². The molecule has 36 heavy (non-hydrogen) atoms. The second kappa shape index (κ2) is 11.2. The number of hydrogen-bond acceptors (Lipinski definition) is 2. The number of esters is 1. The molecule has 2 aromatic rings. The minimum Gasteiger partial charge on any atom is -0.422 e. The molecule has 3 rings (SSSR count). The topological polar surface area (TPSA) is 26.3 Å². The molecule has 0 saturated heterocycles. The van der Waals surface area contributed by atoms with E-state index in [0.717, 1.165) is 36.5 Å². The van der Waals surface area contributed by atoms with Crippen molar-refractivity contribution in [3.8, 4) is 16.9 Å². The first-order chi connectivity index (χ1) is 16.9. The van der Waals surface area contributed by atoms with Crippen molar-refractivity contribution in [2.45, 2.75) is 82.2 Å². The summed E-state index contributed by atoms with van der Waals surface area (Å²) in [6.07, 6.45) is 3.24. The lowest BCUT2D eigenvalue weighted by Gasteiger charge is -2.29. The number of alkyl halides is 7. The molecule has 1 saturated carbocycles. The number of ether oxygens (including phenoxy) is 1. The Labute approximate surface area is 205 Å². The molecule has 1 fully saturated rings. The fraction of sp³-hybridized carbons (Fsp3) is 0.519. The maximum absolute atomic E-state index is 13.5. The highest BCUT2D eigenvalue weighted by Gasteiger charge is 2.77. The van der Waals surface area contributed by atoms with Gasteiger partial charge in [-0.25, -0.2) is 4.79 Å². The van der Waals surface area contributed by atoms with Crippen LogP contribution in [-0.4, -0.2) is 24.0 Å². The fourth-order valence-electron chi connectivity index (χ4n) is 4.61. The molecule has 0 bridgehead atoms. The van der Waals surface area contributed by atoms with Gasteiger partial charge in [0.25, 0.3) is 0 Å². The van der Waals surface area contributed by atoms with Crippen molar-refractivity contribution in [1.29, 1.82) is 0 Å². The van der Waals surface area contributed by atoms with Crippen molar-refractivity contribution in [2.24, 2.45) is 5.92 Å². The van der Waals surface area contributed by atoms with Crippen molar-refractivity contribution in [2.75, 3.05) is 0 Å². The van der Waals surface area contributed by atoms with Gasteiger partial charge in [-0.3, -0.25) is 0 Å². The van der Waals surface area contributed by atoms with Gasteiger partial charge in [0.2, 0.25) is 0 Å². The van der Waals surface area contributed by atoms with Crippen LogP contribution in [0.1, 0.15) is 69.8 Å². The summed E-state index contributed by atoms with van der Waals surface area (Å²) in [6.45, 7) is 2.21. The minimum absolute atomic E-state index is 0.500. The van der Waals surface area contributed by atoms with Crippen LogP contribution in [0.25, 0.3) is 11.1 Å². The van der Waals surface area contributed by atoms with E-state index in [1.807, 2.05) is 24.3 Å². The Bertz CT molecular complexity index is 990. The lowest BCUT2D eigenvalue weighted by molar-refractivity contribution is -0.346. The Hall–Kier alpha value is -2.58. The Balaban J connectivity index is 1.59. The fourth-order valence-corrected chi connectivity index (χ4v) is 4.61. The van der Waals surface area contributed by atoms with Gasteiger partial charge in [0.1, 0.15) is 5.75 Å². The highest BCUT2D eigenvalue weighted by Crippen LogP contribution is 2.47. The van der Waals surface area contributed by atoms with Gasteiger partial charge >= 0.3 is 24.0 Å². The van der Waals surface area contributed by atoms with Crippen molar-refractivity contribution >= 4 is 5.97 Å². The summed E-state index contributed by atoms with van der Waals surface area (Å²) in [5.41, 5.74) is 2.66. The second-order valence-electron chi connectivity index (χ2n) is 9.40. The highest BCUT2D eigenvalue weighted by atomic mass is 19.4. The molecule has 0 aliphatic heterocycles. The number of carbonyl (C=O) groups is 1. The average Bonchev–Trinajstić information content (AvgIpc) is 2.84. The maximum atomic E-state index is 13.5. The number of benzene rings is 2. The maximum Gasteiger partial charge on any atom is 0.460 e. The first kappa shape index (κ1) is 28.0. The second-order valence-corrected chi connectivity index (χ2v) is 9.40. The molecule has 1 aliphatic carbocycles. The molecule has 0 radical (unpaired) electrons. The van der Waals surface area contributed by atoms with Crippen LogP contribution in [0.4, 0.5) is 30.7 Å². The van der Waals surface area contributed by atoms with Crippen LogP contribution in [0.5, 0.6) is 5.75 Å². The monoisotopic (exact) mass is 518 g/mol. The third kappa shape index (κ3) is 6.21. The Morgan fingerprint density at radius 3 is 1.83 bits per heavy atom. The van der Waals surface area contributed by atoms with Gasteiger partial charge in [-0.15, -0.1) is 0 Å². The summed E-state index contributed by atoms with van der Waals surface area (Å²) >= 11 is 0. The Kier molecular flexibility index (Phi) is 8.72. The van der Waals surface area contributed by atoms with Gasteiger partial charge in [0.15, 0.2) is 0 Å². The lowest BCUT2D eigenvalue weighted by Crippen LogP contribution is -2.57. The van der Waals surface area contributed by atoms with E-state index in [2.05, 4.69) is 11.7 Å². The van der Waals surface area contributed by atoms with Crippen molar-refractivity contribution < 1.29 is 40.3 Å². The summed E-state index contributed by atoms with van der Waals surface area (Å²) in [7, 11) is 0. The molecule has 0 spiro atoms. The number of unbranched alkanes of at least 4 members (excludes halogenated alkanes) is 2. The SMILES string of the molecule is CCCCCC1CCC(c2ccc(-c3ccc(OC(=O)C(F)(F)C(F)(F)C(F)(F)F)cc3)cc2)CC1. The van der Waals surface area contributed by atoms with E-state index in [-0.39, 0.29) is 0 Å². The van der Waals surface area contributed by atoms with Crippen LogP contribution >= 0.6 is 0 Å². The van der Waals surface area contributed by atoms with E-state index >= 15 is 0 Å². The van der Waals surface area contributed by atoms with Gasteiger partial charge in [-0.1, -0.05) is 69.0 Å². The normalized spacial score (nSPS) is 19.2. The van der Waals surface area contributed by atoms with Gasteiger partial charge in [-0.2, -0.15) is 30.7 Å². The van der Waals surface area contributed by atoms with Crippen molar-refractivity contribution in [1.82, 2.24) is 0 Å². The van der Waals surface area contributed by atoms with E-state index < -0.39 is 29.7 Å². The number of carbonyl (C=O) groups excluding carboxylic acids is 1. The third-order valence-electron chi connectivity index (χ3n) is 6.85. The summed E-state index contributed by atoms with van der Waals surface area (Å²) < 4.78 is 93.8. The Morgan fingerprint density at radius 2 is 1.33 bits per heavy atom. The smallest absolute Gasteiger partial charge is 0.422 e.